The highest BCUT2D eigenvalue weighted by molar-refractivity contribution is 5.93. The van der Waals surface area contributed by atoms with Gasteiger partial charge in [0.25, 0.3) is 5.91 Å². The van der Waals surface area contributed by atoms with Crippen LogP contribution >= 0.6 is 0 Å². The number of nitrogens with zero attached hydrogens (tertiary/aromatic N) is 1. The van der Waals surface area contributed by atoms with Gasteiger partial charge in [0.2, 0.25) is 0 Å². The number of aliphatic carboxylic acids is 1. The summed E-state index contributed by atoms with van der Waals surface area (Å²) in [6.07, 6.45) is 5.47. The largest absolute Gasteiger partial charge is 0.481 e. The molecule has 5 nitrogen and oxygen atoms in total. The Morgan fingerprint density at radius 2 is 2.17 bits per heavy atom. The molecular weight excluding hydrogens is 232 g/mol. The van der Waals surface area contributed by atoms with Gasteiger partial charge in [0.15, 0.2) is 0 Å². The third-order valence-electron chi connectivity index (χ3n) is 3.85. The highest BCUT2D eigenvalue weighted by Crippen LogP contribution is 2.45. The molecule has 0 atom stereocenters. The fraction of sp³-hybridized carbons (Fsp3) is 0.538. The lowest BCUT2D eigenvalue weighted by atomic mass is 10.1. The first kappa shape index (κ1) is 11.3. The number of hydrogen-bond acceptors (Lipinski definition) is 2. The third-order valence-corrected chi connectivity index (χ3v) is 3.85. The number of rotatable bonds is 5. The lowest BCUT2D eigenvalue weighted by Crippen LogP contribution is -2.35. The van der Waals surface area contributed by atoms with E-state index in [2.05, 4.69) is 5.32 Å². The number of amides is 1. The summed E-state index contributed by atoms with van der Waals surface area (Å²) in [6, 6.07) is 4.10. The van der Waals surface area contributed by atoms with Crippen LogP contribution in [-0.2, 0) is 4.79 Å². The van der Waals surface area contributed by atoms with Gasteiger partial charge in [-0.2, -0.15) is 0 Å². The summed E-state index contributed by atoms with van der Waals surface area (Å²) in [7, 11) is 0. The van der Waals surface area contributed by atoms with E-state index in [0.29, 0.717) is 24.6 Å². The molecule has 0 bridgehead atoms. The van der Waals surface area contributed by atoms with Crippen molar-refractivity contribution in [3.63, 3.8) is 0 Å². The molecule has 18 heavy (non-hydrogen) atoms. The average Bonchev–Trinajstić information content (AvgIpc) is 3.26. The minimum absolute atomic E-state index is 0.167. The van der Waals surface area contributed by atoms with Crippen LogP contribution in [-0.4, -0.2) is 28.1 Å². The Bertz CT molecular complexity index is 498. The SMILES string of the molecule is O=C(NCC1(C(=O)O)CC1)c1cccn1C1CC1. The number of carboxylic acid groups (broad SMARTS) is 1. The van der Waals surface area contributed by atoms with Crippen molar-refractivity contribution in [1.29, 1.82) is 0 Å². The molecule has 2 N–H and O–H groups in total. The Morgan fingerprint density at radius 1 is 1.44 bits per heavy atom. The van der Waals surface area contributed by atoms with Gasteiger partial charge in [-0.05, 0) is 37.8 Å². The van der Waals surface area contributed by atoms with Gasteiger partial charge < -0.3 is 15.0 Å². The second-order valence-corrected chi connectivity index (χ2v) is 5.30. The molecule has 5 heteroatoms. The highest BCUT2D eigenvalue weighted by atomic mass is 16.4. The minimum Gasteiger partial charge on any atom is -0.481 e. The summed E-state index contributed by atoms with van der Waals surface area (Å²) in [4.78, 5) is 23.0. The minimum atomic E-state index is -0.805. The maximum atomic E-state index is 12.0. The zero-order valence-corrected chi connectivity index (χ0v) is 10.1. The van der Waals surface area contributed by atoms with Crippen molar-refractivity contribution < 1.29 is 14.7 Å². The predicted molar refractivity (Wildman–Crippen MR) is 64.3 cm³/mol. The molecule has 2 aliphatic rings. The molecule has 1 heterocycles. The number of nitrogens with one attached hydrogen (secondary N) is 1. The molecule has 96 valence electrons. The number of hydrogen-bond donors (Lipinski definition) is 2. The molecule has 0 radical (unpaired) electrons. The van der Waals surface area contributed by atoms with Gasteiger partial charge in [0.05, 0.1) is 5.41 Å². The quantitative estimate of drug-likeness (QED) is 0.827. The molecule has 2 aliphatic carbocycles. The number of carbonyl (C=O) groups excluding carboxylic acids is 1. The van der Waals surface area contributed by atoms with Crippen molar-refractivity contribution in [2.45, 2.75) is 31.7 Å². The van der Waals surface area contributed by atoms with Crippen molar-refractivity contribution in [3.05, 3.63) is 24.0 Å². The van der Waals surface area contributed by atoms with E-state index >= 15 is 0 Å². The summed E-state index contributed by atoms with van der Waals surface area (Å²) in [5.74, 6) is -0.972. The van der Waals surface area contributed by atoms with Gasteiger partial charge in [0, 0.05) is 18.8 Å². The van der Waals surface area contributed by atoms with Crippen molar-refractivity contribution in [1.82, 2.24) is 9.88 Å². The van der Waals surface area contributed by atoms with Crippen LogP contribution < -0.4 is 5.32 Å². The first-order valence-corrected chi connectivity index (χ1v) is 6.31. The molecule has 1 aromatic rings. The predicted octanol–water partition coefficient (Wildman–Crippen LogP) is 1.42. The van der Waals surface area contributed by atoms with Crippen LogP contribution in [0.4, 0.5) is 0 Å². The van der Waals surface area contributed by atoms with Gasteiger partial charge in [-0.3, -0.25) is 9.59 Å². The standard InChI is InChI=1S/C13H16N2O3/c16-11(14-8-13(5-6-13)12(17)18)10-2-1-7-15(10)9-3-4-9/h1-2,7,9H,3-6,8H2,(H,14,16)(H,17,18). The number of aromatic nitrogens is 1. The lowest BCUT2D eigenvalue weighted by molar-refractivity contribution is -0.143. The molecule has 0 spiro atoms. The van der Waals surface area contributed by atoms with Gasteiger partial charge >= 0.3 is 5.97 Å². The second-order valence-electron chi connectivity index (χ2n) is 5.30. The lowest BCUT2D eigenvalue weighted by Gasteiger charge is -2.12. The molecule has 2 fully saturated rings. The van der Waals surface area contributed by atoms with Gasteiger partial charge in [-0.1, -0.05) is 0 Å². The van der Waals surface area contributed by atoms with Crippen LogP contribution in [0.1, 0.15) is 42.2 Å². The van der Waals surface area contributed by atoms with Crippen molar-refractivity contribution in [2.24, 2.45) is 5.41 Å². The van der Waals surface area contributed by atoms with Crippen LogP contribution in [0, 0.1) is 5.41 Å². The topological polar surface area (TPSA) is 71.3 Å². The Kier molecular flexibility index (Phi) is 2.43. The molecule has 0 unspecified atom stereocenters. The first-order chi connectivity index (χ1) is 8.62. The van der Waals surface area contributed by atoms with E-state index in [4.69, 9.17) is 5.11 Å². The van der Waals surface area contributed by atoms with Crippen molar-refractivity contribution >= 4 is 11.9 Å². The van der Waals surface area contributed by atoms with E-state index in [9.17, 15) is 9.59 Å². The monoisotopic (exact) mass is 248 g/mol. The maximum absolute atomic E-state index is 12.0. The molecule has 0 aromatic carbocycles. The summed E-state index contributed by atoms with van der Waals surface area (Å²) in [6.45, 7) is 0.233. The maximum Gasteiger partial charge on any atom is 0.311 e. The molecule has 1 amide bonds. The van der Waals surface area contributed by atoms with Crippen LogP contribution in [0.2, 0.25) is 0 Å². The Morgan fingerprint density at radius 3 is 2.72 bits per heavy atom. The fourth-order valence-electron chi connectivity index (χ4n) is 2.21. The molecule has 1 aromatic heterocycles. The number of carbonyl (C=O) groups is 2. The van der Waals surface area contributed by atoms with E-state index < -0.39 is 11.4 Å². The van der Waals surface area contributed by atoms with Gasteiger partial charge in [-0.15, -0.1) is 0 Å². The van der Waals surface area contributed by atoms with Gasteiger partial charge in [-0.25, -0.2) is 0 Å². The van der Waals surface area contributed by atoms with E-state index in [1.165, 1.54) is 0 Å². The Balaban J connectivity index is 1.64. The fourth-order valence-corrected chi connectivity index (χ4v) is 2.21. The van der Waals surface area contributed by atoms with E-state index in [1.54, 1.807) is 6.07 Å². The van der Waals surface area contributed by atoms with Gasteiger partial charge in [0.1, 0.15) is 5.69 Å². The van der Waals surface area contributed by atoms with E-state index in [0.717, 1.165) is 12.8 Å². The third kappa shape index (κ3) is 1.89. The van der Waals surface area contributed by atoms with E-state index in [-0.39, 0.29) is 12.5 Å². The number of carboxylic acids is 1. The summed E-state index contributed by atoms with van der Waals surface area (Å²) >= 11 is 0. The van der Waals surface area contributed by atoms with Crippen LogP contribution in [0.3, 0.4) is 0 Å². The zero-order chi connectivity index (χ0) is 12.8. The van der Waals surface area contributed by atoms with Crippen LogP contribution in [0.15, 0.2) is 18.3 Å². The second kappa shape index (κ2) is 3.86. The van der Waals surface area contributed by atoms with E-state index in [1.807, 2.05) is 16.8 Å². The summed E-state index contributed by atoms with van der Waals surface area (Å²) in [5, 5.41) is 11.8. The molecule has 0 saturated heterocycles. The van der Waals surface area contributed by atoms with Crippen molar-refractivity contribution in [2.75, 3.05) is 6.54 Å². The summed E-state index contributed by atoms with van der Waals surface area (Å²) in [5.41, 5.74) is -0.0640. The summed E-state index contributed by atoms with van der Waals surface area (Å²) < 4.78 is 1.98. The van der Waals surface area contributed by atoms with Crippen LogP contribution in [0.25, 0.3) is 0 Å². The molecular formula is C13H16N2O3. The Labute approximate surface area is 105 Å². The normalized spacial score (nSPS) is 20.4. The first-order valence-electron chi connectivity index (χ1n) is 6.31. The molecule has 0 aliphatic heterocycles. The highest BCUT2D eigenvalue weighted by Gasteiger charge is 2.50. The van der Waals surface area contributed by atoms with Crippen LogP contribution in [0.5, 0.6) is 0 Å². The average molecular weight is 248 g/mol. The Hall–Kier alpha value is -1.78. The molecule has 3 rings (SSSR count). The smallest absolute Gasteiger partial charge is 0.311 e. The zero-order valence-electron chi connectivity index (χ0n) is 10.1. The molecule has 2 saturated carbocycles. The van der Waals surface area contributed by atoms with Crippen molar-refractivity contribution in [3.8, 4) is 0 Å².